The number of hydrogen-bond acceptors (Lipinski definition) is 5. The Hall–Kier alpha value is -2.17. The van der Waals surface area contributed by atoms with Crippen LogP contribution in [-0.2, 0) is 0 Å². The lowest BCUT2D eigenvalue weighted by Crippen LogP contribution is -2.23. The van der Waals surface area contributed by atoms with Crippen LogP contribution in [-0.4, -0.2) is 28.5 Å². The molecule has 0 saturated carbocycles. The van der Waals surface area contributed by atoms with Gasteiger partial charge in [0.15, 0.2) is 0 Å². The van der Waals surface area contributed by atoms with E-state index in [1.165, 1.54) is 12.0 Å². The monoisotopic (exact) mass is 269 g/mol. The van der Waals surface area contributed by atoms with Gasteiger partial charge in [0.05, 0.1) is 6.04 Å². The lowest BCUT2D eigenvalue weighted by molar-refractivity contribution is 0.709. The van der Waals surface area contributed by atoms with Crippen LogP contribution in [0.25, 0.3) is 0 Å². The minimum absolute atomic E-state index is 0.374. The first-order valence-corrected chi connectivity index (χ1v) is 6.97. The normalized spacial score (nSPS) is 18.3. The van der Waals surface area contributed by atoms with Gasteiger partial charge in [0.25, 0.3) is 0 Å². The smallest absolute Gasteiger partial charge is 0.132 e. The lowest BCUT2D eigenvalue weighted by atomic mass is 10.1. The Morgan fingerprint density at radius 2 is 2.15 bits per heavy atom. The third kappa shape index (κ3) is 2.43. The molecule has 1 atom stereocenters. The Bertz CT molecular complexity index is 598. The van der Waals surface area contributed by atoms with E-state index in [2.05, 4.69) is 43.4 Å². The summed E-state index contributed by atoms with van der Waals surface area (Å²) in [6, 6.07) is 6.65. The van der Waals surface area contributed by atoms with Crippen molar-refractivity contribution >= 4 is 11.6 Å². The van der Waals surface area contributed by atoms with Crippen LogP contribution in [0.5, 0.6) is 0 Å². The van der Waals surface area contributed by atoms with E-state index in [1.54, 1.807) is 6.33 Å². The van der Waals surface area contributed by atoms with Crippen LogP contribution in [0.15, 0.2) is 30.7 Å². The summed E-state index contributed by atoms with van der Waals surface area (Å²) in [5.41, 5.74) is 2.30. The second-order valence-corrected chi connectivity index (χ2v) is 5.09. The molecule has 0 spiro atoms. The van der Waals surface area contributed by atoms with Gasteiger partial charge in [0.2, 0.25) is 0 Å². The minimum Gasteiger partial charge on any atom is -0.373 e. The van der Waals surface area contributed by atoms with Gasteiger partial charge in [-0.05, 0) is 37.5 Å². The Balaban J connectivity index is 1.92. The molecule has 2 aromatic heterocycles. The number of nitrogens with zero attached hydrogens (tertiary/aromatic N) is 4. The van der Waals surface area contributed by atoms with Gasteiger partial charge < -0.3 is 10.2 Å². The molecule has 104 valence electrons. The summed E-state index contributed by atoms with van der Waals surface area (Å²) < 4.78 is 0. The second-order valence-electron chi connectivity index (χ2n) is 5.09. The molecule has 5 nitrogen and oxygen atoms in total. The van der Waals surface area contributed by atoms with Gasteiger partial charge in [-0.1, -0.05) is 0 Å². The maximum absolute atomic E-state index is 4.42. The number of aryl methyl sites for hydroxylation is 1. The quantitative estimate of drug-likeness (QED) is 0.928. The molecule has 1 unspecified atom stereocenters. The molecule has 5 heteroatoms. The molecule has 1 N–H and O–H groups in total. The standard InChI is InChI=1S/C15H19N5/c1-11-8-15(19-10-18-11)20-7-3-4-13(20)12-5-6-17-14(9-12)16-2/h5-6,8-10,13H,3-4,7H2,1-2H3,(H,16,17). The number of rotatable bonds is 3. The number of hydrogen-bond donors (Lipinski definition) is 1. The number of anilines is 2. The van der Waals surface area contributed by atoms with E-state index in [1.807, 2.05) is 20.2 Å². The highest BCUT2D eigenvalue weighted by Crippen LogP contribution is 2.35. The zero-order valence-corrected chi connectivity index (χ0v) is 11.9. The van der Waals surface area contributed by atoms with Crippen molar-refractivity contribution < 1.29 is 0 Å². The average molecular weight is 269 g/mol. The van der Waals surface area contributed by atoms with Gasteiger partial charge in [0, 0.05) is 31.5 Å². The van der Waals surface area contributed by atoms with E-state index in [4.69, 9.17) is 0 Å². The van der Waals surface area contributed by atoms with Gasteiger partial charge in [-0.25, -0.2) is 15.0 Å². The third-order valence-electron chi connectivity index (χ3n) is 3.76. The van der Waals surface area contributed by atoms with Crippen LogP contribution in [0.3, 0.4) is 0 Å². The van der Waals surface area contributed by atoms with Gasteiger partial charge >= 0.3 is 0 Å². The molecule has 0 aromatic carbocycles. The first-order chi connectivity index (χ1) is 9.78. The van der Waals surface area contributed by atoms with Crippen LogP contribution < -0.4 is 10.2 Å². The molecule has 0 amide bonds. The Morgan fingerprint density at radius 1 is 1.25 bits per heavy atom. The first kappa shape index (κ1) is 12.8. The molecule has 1 aliphatic rings. The van der Waals surface area contributed by atoms with Crippen LogP contribution in [0.1, 0.15) is 30.1 Å². The summed E-state index contributed by atoms with van der Waals surface area (Å²) in [7, 11) is 1.90. The van der Waals surface area contributed by atoms with Crippen molar-refractivity contribution in [3.05, 3.63) is 42.0 Å². The Labute approximate surface area is 119 Å². The van der Waals surface area contributed by atoms with E-state index in [0.717, 1.165) is 30.3 Å². The Kier molecular flexibility index (Phi) is 3.50. The average Bonchev–Trinajstić information content (AvgIpc) is 2.97. The molecule has 0 aliphatic carbocycles. The van der Waals surface area contributed by atoms with Crippen molar-refractivity contribution in [3.8, 4) is 0 Å². The summed E-state index contributed by atoms with van der Waals surface area (Å²) in [6.07, 6.45) is 5.84. The summed E-state index contributed by atoms with van der Waals surface area (Å²) in [6.45, 7) is 3.04. The molecule has 0 radical (unpaired) electrons. The summed E-state index contributed by atoms with van der Waals surface area (Å²) >= 11 is 0. The number of nitrogens with one attached hydrogen (secondary N) is 1. The van der Waals surface area contributed by atoms with Gasteiger partial charge in [-0.2, -0.15) is 0 Å². The Morgan fingerprint density at radius 3 is 2.95 bits per heavy atom. The molecular weight excluding hydrogens is 250 g/mol. The number of aromatic nitrogens is 3. The fraction of sp³-hybridized carbons (Fsp3) is 0.400. The van der Waals surface area contributed by atoms with Crippen molar-refractivity contribution in [2.24, 2.45) is 0 Å². The lowest BCUT2D eigenvalue weighted by Gasteiger charge is -2.26. The maximum atomic E-state index is 4.42. The van der Waals surface area contributed by atoms with Gasteiger partial charge in [-0.3, -0.25) is 0 Å². The van der Waals surface area contributed by atoms with Crippen molar-refractivity contribution in [3.63, 3.8) is 0 Å². The van der Waals surface area contributed by atoms with Crippen LogP contribution in [0, 0.1) is 6.92 Å². The zero-order valence-electron chi connectivity index (χ0n) is 11.9. The largest absolute Gasteiger partial charge is 0.373 e. The van der Waals surface area contributed by atoms with Crippen LogP contribution in [0.2, 0.25) is 0 Å². The van der Waals surface area contributed by atoms with Gasteiger partial charge in [-0.15, -0.1) is 0 Å². The highest BCUT2D eigenvalue weighted by Gasteiger charge is 2.27. The molecule has 2 aromatic rings. The van der Waals surface area contributed by atoms with E-state index < -0.39 is 0 Å². The summed E-state index contributed by atoms with van der Waals surface area (Å²) in [5.74, 6) is 1.93. The topological polar surface area (TPSA) is 53.9 Å². The minimum atomic E-state index is 0.374. The first-order valence-electron chi connectivity index (χ1n) is 6.97. The van der Waals surface area contributed by atoms with Crippen molar-refractivity contribution in [2.75, 3.05) is 23.8 Å². The maximum Gasteiger partial charge on any atom is 0.132 e. The molecule has 1 fully saturated rings. The molecule has 1 saturated heterocycles. The van der Waals surface area contributed by atoms with E-state index in [-0.39, 0.29) is 0 Å². The zero-order chi connectivity index (χ0) is 13.9. The van der Waals surface area contributed by atoms with Crippen LogP contribution in [0.4, 0.5) is 11.6 Å². The molecule has 0 bridgehead atoms. The molecule has 1 aliphatic heterocycles. The van der Waals surface area contributed by atoms with Crippen LogP contribution >= 0.6 is 0 Å². The van der Waals surface area contributed by atoms with Crippen molar-refractivity contribution in [1.82, 2.24) is 15.0 Å². The van der Waals surface area contributed by atoms with E-state index in [9.17, 15) is 0 Å². The van der Waals surface area contributed by atoms with Crippen molar-refractivity contribution in [1.29, 1.82) is 0 Å². The van der Waals surface area contributed by atoms with Gasteiger partial charge in [0.1, 0.15) is 18.0 Å². The number of pyridine rings is 1. The van der Waals surface area contributed by atoms with E-state index >= 15 is 0 Å². The summed E-state index contributed by atoms with van der Waals surface area (Å²) in [4.78, 5) is 15.3. The fourth-order valence-corrected chi connectivity index (χ4v) is 2.78. The molecule has 3 rings (SSSR count). The predicted molar refractivity (Wildman–Crippen MR) is 79.9 cm³/mol. The third-order valence-corrected chi connectivity index (χ3v) is 3.76. The SMILES string of the molecule is CNc1cc(C2CCCN2c2cc(C)ncn2)ccn1. The van der Waals surface area contributed by atoms with E-state index in [0.29, 0.717) is 6.04 Å². The molecule has 20 heavy (non-hydrogen) atoms. The fourth-order valence-electron chi connectivity index (χ4n) is 2.78. The molecule has 3 heterocycles. The highest BCUT2D eigenvalue weighted by molar-refractivity contribution is 5.46. The highest BCUT2D eigenvalue weighted by atomic mass is 15.2. The predicted octanol–water partition coefficient (Wildman–Crippen LogP) is 2.56. The summed E-state index contributed by atoms with van der Waals surface area (Å²) in [5, 5.41) is 3.10. The second kappa shape index (κ2) is 5.45. The van der Waals surface area contributed by atoms with Crippen molar-refractivity contribution in [2.45, 2.75) is 25.8 Å². The molecular formula is C15H19N5.